The van der Waals surface area contributed by atoms with Crippen LogP contribution in [-0.2, 0) is 17.6 Å². The van der Waals surface area contributed by atoms with Crippen LogP contribution in [0.3, 0.4) is 0 Å². The highest BCUT2D eigenvalue weighted by atomic mass is 19.3. The van der Waals surface area contributed by atoms with Gasteiger partial charge in [0.2, 0.25) is 11.8 Å². The average molecular weight is 807 g/mol. The Morgan fingerprint density at radius 2 is 1.76 bits per heavy atom. The van der Waals surface area contributed by atoms with Gasteiger partial charge in [0, 0.05) is 24.5 Å². The Morgan fingerprint density at radius 1 is 0.966 bits per heavy atom. The number of aryl methyl sites for hydroxylation is 1. The smallest absolute Gasteiger partial charge is 0.284 e. The zero-order chi connectivity index (χ0) is 40.7. The largest absolute Gasteiger partial charge is 0.457 e. The lowest BCUT2D eigenvalue weighted by atomic mass is 9.86. The van der Waals surface area contributed by atoms with Crippen molar-refractivity contribution in [1.29, 1.82) is 0 Å². The van der Waals surface area contributed by atoms with Crippen LogP contribution >= 0.6 is 0 Å². The van der Waals surface area contributed by atoms with E-state index in [2.05, 4.69) is 36.3 Å². The minimum absolute atomic E-state index is 0.0236. The Kier molecular flexibility index (Phi) is 12.4. The predicted molar refractivity (Wildman–Crippen MR) is 217 cm³/mol. The first-order chi connectivity index (χ1) is 28.8. The van der Waals surface area contributed by atoms with Crippen molar-refractivity contribution >= 4 is 29.2 Å². The molecule has 2 fully saturated rings. The normalized spacial score (nSPS) is 17.7. The number of hydrogen-bond donors (Lipinski definition) is 4. The number of halogens is 2. The van der Waals surface area contributed by atoms with Gasteiger partial charge in [0.15, 0.2) is 11.4 Å². The van der Waals surface area contributed by atoms with Crippen molar-refractivity contribution in [2.45, 2.75) is 83.1 Å². The van der Waals surface area contributed by atoms with E-state index in [0.29, 0.717) is 45.8 Å². The summed E-state index contributed by atoms with van der Waals surface area (Å²) in [6.45, 7) is 2.70. The van der Waals surface area contributed by atoms with E-state index in [1.54, 1.807) is 41.2 Å². The van der Waals surface area contributed by atoms with Gasteiger partial charge in [-0.05, 0) is 124 Å². The molecule has 3 aliphatic rings. The third kappa shape index (κ3) is 10.2. The average Bonchev–Trinajstić information content (AvgIpc) is 3.75. The van der Waals surface area contributed by atoms with E-state index < -0.39 is 23.9 Å². The monoisotopic (exact) mass is 806 g/mol. The fourth-order valence-electron chi connectivity index (χ4n) is 7.78. The number of benzene rings is 2. The molecule has 308 valence electrons. The number of rotatable bonds is 18. The van der Waals surface area contributed by atoms with Gasteiger partial charge in [0.25, 0.3) is 18.2 Å². The molecule has 4 N–H and O–H groups in total. The van der Waals surface area contributed by atoms with E-state index in [-0.39, 0.29) is 35.6 Å². The van der Waals surface area contributed by atoms with Gasteiger partial charge in [-0.3, -0.25) is 24.4 Å². The van der Waals surface area contributed by atoms with Crippen molar-refractivity contribution in [3.63, 3.8) is 0 Å². The number of amides is 3. The van der Waals surface area contributed by atoms with Gasteiger partial charge in [-0.1, -0.05) is 30.7 Å². The summed E-state index contributed by atoms with van der Waals surface area (Å²) in [5.41, 5.74) is 2.42. The standard InChI is InChI=1S/C44H48F2N8O5/c45-41(46)40-34(50-42(56)35-26-58-44(51-35)31-18-20-48-37(21-31)49-24-29-8-9-29)25-54(53-40)32-14-10-28(11-15-32)23-47-19-3-1-2-5-27-12-16-33(17-13-27)59-36-7-4-6-30-22-38(55)52-43(57)39(30)36/h4,6-7,12-13,16-18,20-21,25-26,28-29,32,41,47H,1-3,5,8-11,14-15,19,22-24H2,(H,48,49)(H,50,56)(H,52,55,57)/t28-,32-. The third-order valence-corrected chi connectivity index (χ3v) is 11.3. The molecule has 2 aromatic carbocycles. The Balaban J connectivity index is 0.734. The molecule has 15 heteroatoms. The molecule has 5 aromatic rings. The summed E-state index contributed by atoms with van der Waals surface area (Å²) in [7, 11) is 0. The van der Waals surface area contributed by atoms with Gasteiger partial charge in [-0.2, -0.15) is 5.10 Å². The summed E-state index contributed by atoms with van der Waals surface area (Å²) < 4.78 is 41.3. The number of anilines is 2. The van der Waals surface area contributed by atoms with Crippen LogP contribution in [-0.4, -0.2) is 57.1 Å². The maximum atomic E-state index is 14.1. The number of nitrogens with one attached hydrogen (secondary N) is 4. The summed E-state index contributed by atoms with van der Waals surface area (Å²) in [5.74, 6) is 1.77. The Hall–Kier alpha value is -5.96. The first kappa shape index (κ1) is 39.8. The molecule has 8 rings (SSSR count). The number of hydrogen-bond acceptors (Lipinski definition) is 10. The summed E-state index contributed by atoms with van der Waals surface area (Å²) in [5, 5.41) is 16.1. The molecular formula is C44H48F2N8O5. The molecule has 2 saturated carbocycles. The number of oxazole rings is 1. The summed E-state index contributed by atoms with van der Waals surface area (Å²) in [4.78, 5) is 45.9. The first-order valence-electron chi connectivity index (χ1n) is 20.5. The van der Waals surface area contributed by atoms with Crippen LogP contribution in [0.5, 0.6) is 11.5 Å². The third-order valence-electron chi connectivity index (χ3n) is 11.3. The Labute approximate surface area is 340 Å². The van der Waals surface area contributed by atoms with Gasteiger partial charge in [0.05, 0.1) is 23.7 Å². The fraction of sp³-hybridized carbons (Fsp3) is 0.409. The van der Waals surface area contributed by atoms with E-state index in [0.717, 1.165) is 71.0 Å². The van der Waals surface area contributed by atoms with Crippen LogP contribution in [0, 0.1) is 11.8 Å². The number of carbonyl (C=O) groups is 3. The van der Waals surface area contributed by atoms with Crippen molar-refractivity contribution in [1.82, 2.24) is 30.4 Å². The van der Waals surface area contributed by atoms with E-state index in [9.17, 15) is 23.2 Å². The highest BCUT2D eigenvalue weighted by Gasteiger charge is 2.29. The molecule has 4 heterocycles. The van der Waals surface area contributed by atoms with Gasteiger partial charge < -0.3 is 25.1 Å². The number of nitrogens with zero attached hydrogens (tertiary/aromatic N) is 4. The minimum Gasteiger partial charge on any atom is -0.457 e. The van der Waals surface area contributed by atoms with E-state index in [4.69, 9.17) is 9.15 Å². The lowest BCUT2D eigenvalue weighted by Gasteiger charge is -2.29. The SMILES string of the molecule is O=C1Cc2cccc(Oc3ccc(CCCCCNC[C@H]4CC[C@H](n5cc(NC(=O)c6coc(-c7ccnc(NCC8CC8)c7)n6)c(C(F)F)n5)CC4)cc3)c2C(=O)N1. The second-order valence-corrected chi connectivity index (χ2v) is 15.7. The van der Waals surface area contributed by atoms with E-state index >= 15 is 0 Å². The molecule has 2 aliphatic carbocycles. The number of carbonyl (C=O) groups excluding carboxylic acids is 3. The van der Waals surface area contributed by atoms with Crippen LogP contribution in [0.15, 0.2) is 77.7 Å². The summed E-state index contributed by atoms with van der Waals surface area (Å²) >= 11 is 0. The number of imide groups is 1. The number of pyridine rings is 1. The maximum Gasteiger partial charge on any atom is 0.284 e. The van der Waals surface area contributed by atoms with Crippen LogP contribution < -0.4 is 26.0 Å². The zero-order valence-electron chi connectivity index (χ0n) is 32.7. The molecule has 0 radical (unpaired) electrons. The molecule has 0 unspecified atom stereocenters. The van der Waals surface area contributed by atoms with E-state index in [1.165, 1.54) is 30.9 Å². The topological polar surface area (TPSA) is 165 Å². The molecule has 0 bridgehead atoms. The van der Waals surface area contributed by atoms with Crippen LogP contribution in [0.2, 0.25) is 0 Å². The van der Waals surface area contributed by atoms with Gasteiger partial charge in [-0.25, -0.2) is 18.7 Å². The van der Waals surface area contributed by atoms with Crippen molar-refractivity contribution in [2.75, 3.05) is 30.3 Å². The van der Waals surface area contributed by atoms with Crippen molar-refractivity contribution < 1.29 is 32.3 Å². The molecule has 0 spiro atoms. The molecule has 13 nitrogen and oxygen atoms in total. The molecular weight excluding hydrogens is 759 g/mol. The molecule has 3 amide bonds. The quantitative estimate of drug-likeness (QED) is 0.0500. The number of ether oxygens (including phenoxy) is 1. The van der Waals surface area contributed by atoms with Crippen LogP contribution in [0.1, 0.15) is 108 Å². The lowest BCUT2D eigenvalue weighted by Crippen LogP contribution is -2.37. The predicted octanol–water partition coefficient (Wildman–Crippen LogP) is 8.28. The number of fused-ring (bicyclic) bond motifs is 1. The second kappa shape index (κ2) is 18.3. The molecule has 0 saturated heterocycles. The van der Waals surface area contributed by atoms with Crippen molar-refractivity contribution in [3.8, 4) is 23.0 Å². The van der Waals surface area contributed by atoms with Crippen molar-refractivity contribution in [3.05, 3.63) is 101 Å². The summed E-state index contributed by atoms with van der Waals surface area (Å²) in [6, 6.07) is 16.7. The lowest BCUT2D eigenvalue weighted by molar-refractivity contribution is -0.119. The Morgan fingerprint density at radius 3 is 2.56 bits per heavy atom. The Bertz CT molecular complexity index is 2260. The van der Waals surface area contributed by atoms with Gasteiger partial charge in [0.1, 0.15) is 23.6 Å². The van der Waals surface area contributed by atoms with Crippen LogP contribution in [0.4, 0.5) is 20.3 Å². The van der Waals surface area contributed by atoms with Crippen LogP contribution in [0.25, 0.3) is 11.5 Å². The molecule has 3 aromatic heterocycles. The highest BCUT2D eigenvalue weighted by Crippen LogP contribution is 2.35. The summed E-state index contributed by atoms with van der Waals surface area (Å²) in [6.07, 6.45) is 11.8. The van der Waals surface area contributed by atoms with Gasteiger partial charge >= 0.3 is 0 Å². The highest BCUT2D eigenvalue weighted by molar-refractivity contribution is 6.11. The second-order valence-electron chi connectivity index (χ2n) is 15.7. The number of alkyl halides is 2. The van der Waals surface area contributed by atoms with Crippen molar-refractivity contribution in [2.24, 2.45) is 11.8 Å². The molecule has 59 heavy (non-hydrogen) atoms. The maximum absolute atomic E-state index is 14.1. The molecule has 0 atom stereocenters. The molecule has 1 aliphatic heterocycles. The first-order valence-corrected chi connectivity index (χ1v) is 20.5. The zero-order valence-corrected chi connectivity index (χ0v) is 32.7. The number of aromatic nitrogens is 4. The minimum atomic E-state index is -2.86. The van der Waals surface area contributed by atoms with Gasteiger partial charge in [-0.15, -0.1) is 0 Å². The number of unbranched alkanes of at least 4 members (excludes halogenated alkanes) is 2. The fourth-order valence-corrected chi connectivity index (χ4v) is 7.78. The van der Waals surface area contributed by atoms with E-state index in [1.807, 2.05) is 24.3 Å².